The fraction of sp³-hybridized carbons (Fsp3) is 1.00. The van der Waals surface area contributed by atoms with Crippen molar-refractivity contribution >= 4 is 0 Å². The van der Waals surface area contributed by atoms with E-state index in [1.54, 1.807) is 0 Å². The van der Waals surface area contributed by atoms with Crippen molar-refractivity contribution in [2.24, 2.45) is 22.9 Å². The first kappa shape index (κ1) is 18.9. The topological polar surface area (TPSA) is 213 Å². The van der Waals surface area contributed by atoms with Crippen molar-refractivity contribution in [1.29, 1.82) is 0 Å². The Kier molecular flexibility index (Phi) is 6.27. The molecule has 0 aliphatic carbocycles. The predicted octanol–water partition coefficient (Wildman–Crippen LogP) is -5.53. The lowest BCUT2D eigenvalue weighted by atomic mass is 9.94. The predicted molar refractivity (Wildman–Crippen MR) is 76.5 cm³/mol. The summed E-state index contributed by atoms with van der Waals surface area (Å²) in [6.07, 6.45) is -6.45. The number of nitrogens with two attached hydrogens (primary N) is 4. The van der Waals surface area contributed by atoms with Gasteiger partial charge in [0, 0.05) is 0 Å². The molecule has 136 valence electrons. The van der Waals surface area contributed by atoms with Gasteiger partial charge in [0.05, 0.1) is 49.6 Å². The monoisotopic (exact) mass is 338 g/mol. The summed E-state index contributed by atoms with van der Waals surface area (Å²) in [4.78, 5) is 0. The van der Waals surface area contributed by atoms with Crippen LogP contribution in [-0.2, 0) is 14.2 Å². The summed E-state index contributed by atoms with van der Waals surface area (Å²) in [6, 6.07) is -3.59. The molecule has 12 N–H and O–H groups in total. The summed E-state index contributed by atoms with van der Waals surface area (Å²) in [5, 5.41) is 38.1. The smallest absolute Gasteiger partial charge is 0.177 e. The summed E-state index contributed by atoms with van der Waals surface area (Å²) in [5.74, 6) is 0. The van der Waals surface area contributed by atoms with E-state index in [0.717, 1.165) is 0 Å². The van der Waals surface area contributed by atoms with E-state index in [1.165, 1.54) is 0 Å². The number of aliphatic hydroxyl groups excluding tert-OH is 4. The third-order valence-corrected chi connectivity index (χ3v) is 4.31. The molecule has 0 aromatic carbocycles. The molecule has 0 amide bonds. The van der Waals surface area contributed by atoms with Crippen LogP contribution < -0.4 is 22.9 Å². The third-order valence-electron chi connectivity index (χ3n) is 4.31. The first-order valence-electron chi connectivity index (χ1n) is 7.38. The molecule has 2 saturated heterocycles. The van der Waals surface area contributed by atoms with Crippen LogP contribution in [0.5, 0.6) is 0 Å². The Morgan fingerprint density at radius 2 is 1.04 bits per heavy atom. The van der Waals surface area contributed by atoms with Crippen molar-refractivity contribution in [2.45, 2.75) is 61.2 Å². The van der Waals surface area contributed by atoms with Crippen molar-refractivity contribution in [1.82, 2.24) is 0 Å². The SMILES string of the molecule is N[C@H]1[C@H](O)[C@@H](CO)OC(OC2O[C@H](CO)[C@@H](O)[C@H](N)[C@@H]2N)[C@H]1N. The molecule has 2 fully saturated rings. The van der Waals surface area contributed by atoms with E-state index in [1.807, 2.05) is 0 Å². The number of aliphatic hydroxyl groups is 4. The lowest BCUT2D eigenvalue weighted by molar-refractivity contribution is -0.326. The molecule has 0 radical (unpaired) electrons. The van der Waals surface area contributed by atoms with Gasteiger partial charge in [-0.25, -0.2) is 0 Å². The van der Waals surface area contributed by atoms with Gasteiger partial charge in [-0.2, -0.15) is 0 Å². The van der Waals surface area contributed by atoms with E-state index >= 15 is 0 Å². The van der Waals surface area contributed by atoms with Gasteiger partial charge in [0.2, 0.25) is 0 Å². The molecule has 0 bridgehead atoms. The molecule has 23 heavy (non-hydrogen) atoms. The average molecular weight is 338 g/mol. The van der Waals surface area contributed by atoms with Gasteiger partial charge < -0.3 is 57.6 Å². The van der Waals surface area contributed by atoms with Crippen LogP contribution in [0, 0.1) is 0 Å². The molecule has 10 atom stereocenters. The molecule has 11 heteroatoms. The number of rotatable bonds is 4. The molecule has 0 aromatic rings. The van der Waals surface area contributed by atoms with Gasteiger partial charge in [0.25, 0.3) is 0 Å². The highest BCUT2D eigenvalue weighted by atomic mass is 16.8. The van der Waals surface area contributed by atoms with E-state index in [2.05, 4.69) is 0 Å². The second-order valence-corrected chi connectivity index (χ2v) is 5.88. The molecular formula is C12H26N4O7. The van der Waals surface area contributed by atoms with Crippen LogP contribution in [0.15, 0.2) is 0 Å². The van der Waals surface area contributed by atoms with Crippen LogP contribution in [0.1, 0.15) is 0 Å². The standard InChI is InChI=1S/C12H26N4O7/c13-5-7(15)11(21-3(1-17)9(5)19)23-12-8(16)6(14)10(20)4(2-18)22-12/h3-12,17-20H,1-2,13-16H2/t3-,4-,5-,6-,7+,8+,9-,10-,11?,12?/m1/s1. The van der Waals surface area contributed by atoms with Crippen LogP contribution in [0.4, 0.5) is 0 Å². The highest BCUT2D eigenvalue weighted by Gasteiger charge is 2.47. The van der Waals surface area contributed by atoms with E-state index in [4.69, 9.17) is 37.1 Å². The summed E-state index contributed by atoms with van der Waals surface area (Å²) < 4.78 is 16.3. The highest BCUT2D eigenvalue weighted by molar-refractivity contribution is 4.97. The Morgan fingerprint density at radius 1 is 0.696 bits per heavy atom. The fourth-order valence-corrected chi connectivity index (χ4v) is 2.68. The zero-order chi connectivity index (χ0) is 17.3. The molecule has 2 aliphatic heterocycles. The van der Waals surface area contributed by atoms with Gasteiger partial charge in [-0.15, -0.1) is 0 Å². The summed E-state index contributed by atoms with van der Waals surface area (Å²) >= 11 is 0. The lowest BCUT2D eigenvalue weighted by Crippen LogP contribution is -2.69. The van der Waals surface area contributed by atoms with E-state index in [-0.39, 0.29) is 0 Å². The van der Waals surface area contributed by atoms with Crippen LogP contribution in [-0.4, -0.2) is 94.8 Å². The van der Waals surface area contributed by atoms with Gasteiger partial charge >= 0.3 is 0 Å². The van der Waals surface area contributed by atoms with Crippen LogP contribution in [0.3, 0.4) is 0 Å². The van der Waals surface area contributed by atoms with E-state index < -0.39 is 74.4 Å². The Labute approximate surface area is 133 Å². The van der Waals surface area contributed by atoms with Gasteiger partial charge in [-0.05, 0) is 0 Å². The minimum Gasteiger partial charge on any atom is -0.394 e. The molecule has 0 spiro atoms. The maximum Gasteiger partial charge on any atom is 0.177 e. The molecular weight excluding hydrogens is 312 g/mol. The quantitative estimate of drug-likeness (QED) is 0.242. The Morgan fingerprint density at radius 3 is 1.35 bits per heavy atom. The first-order chi connectivity index (χ1) is 10.8. The number of ether oxygens (including phenoxy) is 3. The number of hydrogen-bond donors (Lipinski definition) is 8. The van der Waals surface area contributed by atoms with Gasteiger partial charge in [-0.1, -0.05) is 0 Å². The summed E-state index contributed by atoms with van der Waals surface area (Å²) in [7, 11) is 0. The Balaban J connectivity index is 2.07. The van der Waals surface area contributed by atoms with Crippen molar-refractivity contribution in [2.75, 3.05) is 13.2 Å². The van der Waals surface area contributed by atoms with Crippen LogP contribution in [0.2, 0.25) is 0 Å². The van der Waals surface area contributed by atoms with Gasteiger partial charge in [0.15, 0.2) is 12.6 Å². The molecule has 2 unspecified atom stereocenters. The molecule has 2 rings (SSSR count). The average Bonchev–Trinajstić information content (AvgIpc) is 2.55. The van der Waals surface area contributed by atoms with E-state index in [9.17, 15) is 20.4 Å². The molecule has 2 aliphatic rings. The summed E-state index contributed by atoms with van der Waals surface area (Å²) in [5.41, 5.74) is 23.4. The molecule has 11 nitrogen and oxygen atoms in total. The number of hydrogen-bond acceptors (Lipinski definition) is 11. The fourth-order valence-electron chi connectivity index (χ4n) is 2.68. The minimum absolute atomic E-state index is 0.476. The largest absolute Gasteiger partial charge is 0.394 e. The second-order valence-electron chi connectivity index (χ2n) is 5.88. The van der Waals surface area contributed by atoms with Crippen LogP contribution >= 0.6 is 0 Å². The van der Waals surface area contributed by atoms with Crippen LogP contribution in [0.25, 0.3) is 0 Å². The van der Waals surface area contributed by atoms with Crippen molar-refractivity contribution in [3.8, 4) is 0 Å². The minimum atomic E-state index is -1.15. The van der Waals surface area contributed by atoms with Crippen molar-refractivity contribution in [3.63, 3.8) is 0 Å². The normalized spacial score (nSPS) is 51.7. The molecule has 2 heterocycles. The maximum absolute atomic E-state index is 9.85. The van der Waals surface area contributed by atoms with Crippen molar-refractivity contribution < 1.29 is 34.6 Å². The lowest BCUT2D eigenvalue weighted by Gasteiger charge is -2.46. The zero-order valence-corrected chi connectivity index (χ0v) is 12.5. The van der Waals surface area contributed by atoms with Gasteiger partial charge in [0.1, 0.15) is 12.2 Å². The maximum atomic E-state index is 9.85. The molecule has 0 saturated carbocycles. The highest BCUT2D eigenvalue weighted by Crippen LogP contribution is 2.25. The summed E-state index contributed by atoms with van der Waals surface area (Å²) in [6.45, 7) is -0.951. The second kappa shape index (κ2) is 7.63. The van der Waals surface area contributed by atoms with Gasteiger partial charge in [-0.3, -0.25) is 0 Å². The van der Waals surface area contributed by atoms with Crippen molar-refractivity contribution in [3.05, 3.63) is 0 Å². The zero-order valence-electron chi connectivity index (χ0n) is 12.5. The van der Waals surface area contributed by atoms with E-state index in [0.29, 0.717) is 0 Å². The Bertz CT molecular complexity index is 354. The molecule has 0 aromatic heterocycles. The third kappa shape index (κ3) is 3.65. The Hall–Kier alpha value is -0.440. The first-order valence-corrected chi connectivity index (χ1v) is 7.38.